The SMILES string of the molecule is CCC(=O)N(Cc1ccc(Br)cc1)[C@@H](C)C(=O)N[C@@H](C)CC. The van der Waals surface area contributed by atoms with Gasteiger partial charge in [0.15, 0.2) is 0 Å². The zero-order chi connectivity index (χ0) is 16.7. The Kier molecular flexibility index (Phi) is 7.59. The van der Waals surface area contributed by atoms with Gasteiger partial charge in [0, 0.05) is 23.5 Å². The van der Waals surface area contributed by atoms with Crippen LogP contribution in [-0.4, -0.2) is 28.8 Å². The molecule has 0 aliphatic heterocycles. The van der Waals surface area contributed by atoms with Crippen LogP contribution in [0, 0.1) is 0 Å². The van der Waals surface area contributed by atoms with Crippen molar-refractivity contribution in [1.82, 2.24) is 10.2 Å². The molecule has 0 aliphatic carbocycles. The molecule has 2 atom stereocenters. The van der Waals surface area contributed by atoms with Crippen LogP contribution in [0.5, 0.6) is 0 Å². The van der Waals surface area contributed by atoms with E-state index in [0.29, 0.717) is 13.0 Å². The van der Waals surface area contributed by atoms with E-state index in [0.717, 1.165) is 16.5 Å². The summed E-state index contributed by atoms with van der Waals surface area (Å²) in [6.07, 6.45) is 1.25. The number of hydrogen-bond donors (Lipinski definition) is 1. The fourth-order valence-electron chi connectivity index (χ4n) is 2.04. The summed E-state index contributed by atoms with van der Waals surface area (Å²) < 4.78 is 0.993. The Balaban J connectivity index is 2.85. The van der Waals surface area contributed by atoms with Crippen LogP contribution in [0.4, 0.5) is 0 Å². The van der Waals surface area contributed by atoms with Gasteiger partial charge in [-0.3, -0.25) is 9.59 Å². The molecule has 0 heterocycles. The van der Waals surface area contributed by atoms with Crippen molar-refractivity contribution >= 4 is 27.7 Å². The summed E-state index contributed by atoms with van der Waals surface area (Å²) in [6.45, 7) is 8.02. The Morgan fingerprint density at radius 2 is 1.77 bits per heavy atom. The lowest BCUT2D eigenvalue weighted by Gasteiger charge is -2.29. The summed E-state index contributed by atoms with van der Waals surface area (Å²) in [7, 11) is 0. The van der Waals surface area contributed by atoms with Crippen molar-refractivity contribution in [2.45, 2.75) is 59.2 Å². The van der Waals surface area contributed by atoms with E-state index in [1.165, 1.54) is 0 Å². The number of nitrogens with zero attached hydrogens (tertiary/aromatic N) is 1. The fraction of sp³-hybridized carbons (Fsp3) is 0.529. The molecule has 1 rings (SSSR count). The first-order valence-corrected chi connectivity index (χ1v) is 8.52. The largest absolute Gasteiger partial charge is 0.352 e. The highest BCUT2D eigenvalue weighted by atomic mass is 79.9. The minimum atomic E-state index is -0.481. The second-order valence-electron chi connectivity index (χ2n) is 5.50. The first-order valence-electron chi connectivity index (χ1n) is 7.73. The first kappa shape index (κ1) is 18.7. The van der Waals surface area contributed by atoms with E-state index >= 15 is 0 Å². The molecule has 4 nitrogen and oxygen atoms in total. The zero-order valence-electron chi connectivity index (χ0n) is 13.7. The second kappa shape index (κ2) is 8.93. The standard InChI is InChI=1S/C17H25BrN2O2/c1-5-12(3)19-17(22)13(4)20(16(21)6-2)11-14-7-9-15(18)10-8-14/h7-10,12-13H,5-6,11H2,1-4H3,(H,19,22)/t12-,13-/m0/s1. The van der Waals surface area contributed by atoms with Crippen LogP contribution in [0.2, 0.25) is 0 Å². The third kappa shape index (κ3) is 5.44. The highest BCUT2D eigenvalue weighted by molar-refractivity contribution is 9.10. The van der Waals surface area contributed by atoms with Crippen molar-refractivity contribution in [1.29, 1.82) is 0 Å². The van der Waals surface area contributed by atoms with Gasteiger partial charge in [-0.25, -0.2) is 0 Å². The van der Waals surface area contributed by atoms with Crippen molar-refractivity contribution in [3.63, 3.8) is 0 Å². The summed E-state index contributed by atoms with van der Waals surface area (Å²) in [4.78, 5) is 26.2. The lowest BCUT2D eigenvalue weighted by atomic mass is 10.1. The molecule has 1 N–H and O–H groups in total. The van der Waals surface area contributed by atoms with E-state index in [1.54, 1.807) is 11.8 Å². The molecule has 1 aromatic rings. The number of nitrogens with one attached hydrogen (secondary N) is 1. The van der Waals surface area contributed by atoms with E-state index in [4.69, 9.17) is 0 Å². The van der Waals surface area contributed by atoms with Gasteiger partial charge in [-0.2, -0.15) is 0 Å². The number of benzene rings is 1. The Morgan fingerprint density at radius 3 is 2.27 bits per heavy atom. The van der Waals surface area contributed by atoms with Crippen molar-refractivity contribution in [2.24, 2.45) is 0 Å². The molecule has 122 valence electrons. The summed E-state index contributed by atoms with van der Waals surface area (Å²) >= 11 is 3.40. The normalized spacial score (nSPS) is 13.3. The van der Waals surface area contributed by atoms with Crippen LogP contribution in [0.25, 0.3) is 0 Å². The monoisotopic (exact) mass is 368 g/mol. The minimum absolute atomic E-state index is 0.0188. The number of carbonyl (C=O) groups is 2. The van der Waals surface area contributed by atoms with Gasteiger partial charge >= 0.3 is 0 Å². The zero-order valence-corrected chi connectivity index (χ0v) is 15.3. The smallest absolute Gasteiger partial charge is 0.242 e. The van der Waals surface area contributed by atoms with Gasteiger partial charge < -0.3 is 10.2 Å². The van der Waals surface area contributed by atoms with Crippen LogP contribution in [0.1, 0.15) is 46.1 Å². The average molecular weight is 369 g/mol. The molecule has 0 aliphatic rings. The molecule has 0 saturated heterocycles. The number of carbonyl (C=O) groups excluding carboxylic acids is 2. The van der Waals surface area contributed by atoms with Crippen LogP contribution in [0.3, 0.4) is 0 Å². The van der Waals surface area contributed by atoms with Crippen molar-refractivity contribution in [2.75, 3.05) is 0 Å². The Hall–Kier alpha value is -1.36. The molecule has 0 spiro atoms. The molecular formula is C17H25BrN2O2. The van der Waals surface area contributed by atoms with Crippen LogP contribution >= 0.6 is 15.9 Å². The number of rotatable bonds is 7. The third-order valence-corrected chi connectivity index (χ3v) is 4.27. The van der Waals surface area contributed by atoms with Crippen molar-refractivity contribution in [3.05, 3.63) is 34.3 Å². The summed E-state index contributed by atoms with van der Waals surface area (Å²) in [5.74, 6) is -0.122. The van der Waals surface area contributed by atoms with E-state index in [9.17, 15) is 9.59 Å². The van der Waals surface area contributed by atoms with Crippen LogP contribution in [-0.2, 0) is 16.1 Å². The summed E-state index contributed by atoms with van der Waals surface area (Å²) in [5, 5.41) is 2.94. The van der Waals surface area contributed by atoms with E-state index in [1.807, 2.05) is 45.0 Å². The van der Waals surface area contributed by atoms with E-state index in [2.05, 4.69) is 21.2 Å². The molecular weight excluding hydrogens is 344 g/mol. The maximum absolute atomic E-state index is 12.3. The molecule has 0 bridgehead atoms. The number of amides is 2. The van der Waals surface area contributed by atoms with Gasteiger partial charge in [-0.15, -0.1) is 0 Å². The first-order chi connectivity index (χ1) is 10.4. The van der Waals surface area contributed by atoms with Gasteiger partial charge in [0.05, 0.1) is 0 Å². The molecule has 22 heavy (non-hydrogen) atoms. The summed E-state index contributed by atoms with van der Waals surface area (Å²) in [5.41, 5.74) is 1.01. The molecule has 0 unspecified atom stereocenters. The van der Waals surface area contributed by atoms with Gasteiger partial charge in [-0.05, 0) is 38.0 Å². The fourth-order valence-corrected chi connectivity index (χ4v) is 2.30. The van der Waals surface area contributed by atoms with E-state index < -0.39 is 6.04 Å². The Bertz CT molecular complexity index is 502. The lowest BCUT2D eigenvalue weighted by Crippen LogP contribution is -2.49. The molecule has 0 aromatic heterocycles. The average Bonchev–Trinajstić information content (AvgIpc) is 2.52. The number of halogens is 1. The van der Waals surface area contributed by atoms with Gasteiger partial charge in [0.1, 0.15) is 6.04 Å². The number of hydrogen-bond acceptors (Lipinski definition) is 2. The Morgan fingerprint density at radius 1 is 1.18 bits per heavy atom. The molecule has 0 fully saturated rings. The predicted octanol–water partition coefficient (Wildman–Crippen LogP) is 3.49. The van der Waals surface area contributed by atoms with Gasteiger partial charge in [-0.1, -0.05) is 41.9 Å². The highest BCUT2D eigenvalue weighted by Crippen LogP contribution is 2.15. The van der Waals surface area contributed by atoms with Gasteiger partial charge in [0.25, 0.3) is 0 Å². The second-order valence-corrected chi connectivity index (χ2v) is 6.41. The topological polar surface area (TPSA) is 49.4 Å². The maximum Gasteiger partial charge on any atom is 0.242 e. The minimum Gasteiger partial charge on any atom is -0.352 e. The van der Waals surface area contributed by atoms with Crippen molar-refractivity contribution in [3.8, 4) is 0 Å². The maximum atomic E-state index is 12.3. The molecule has 5 heteroatoms. The highest BCUT2D eigenvalue weighted by Gasteiger charge is 2.25. The Labute approximate surface area is 141 Å². The van der Waals surface area contributed by atoms with Crippen molar-refractivity contribution < 1.29 is 9.59 Å². The van der Waals surface area contributed by atoms with Crippen LogP contribution in [0.15, 0.2) is 28.7 Å². The summed E-state index contributed by atoms with van der Waals surface area (Å²) in [6, 6.07) is 7.42. The lowest BCUT2D eigenvalue weighted by molar-refractivity contribution is -0.140. The van der Waals surface area contributed by atoms with E-state index in [-0.39, 0.29) is 17.9 Å². The molecule has 1 aromatic carbocycles. The van der Waals surface area contributed by atoms with Gasteiger partial charge in [0.2, 0.25) is 11.8 Å². The molecule has 0 radical (unpaired) electrons. The predicted molar refractivity (Wildman–Crippen MR) is 92.3 cm³/mol. The molecule has 2 amide bonds. The quantitative estimate of drug-likeness (QED) is 0.800. The molecule has 0 saturated carbocycles. The van der Waals surface area contributed by atoms with Crippen LogP contribution < -0.4 is 5.32 Å². The third-order valence-electron chi connectivity index (χ3n) is 3.74.